The second-order valence-electron chi connectivity index (χ2n) is 2.73. The van der Waals surface area contributed by atoms with Gasteiger partial charge >= 0.3 is 5.97 Å². The van der Waals surface area contributed by atoms with Gasteiger partial charge in [0.15, 0.2) is 0 Å². The first-order valence-corrected chi connectivity index (χ1v) is 5.09. The van der Waals surface area contributed by atoms with Crippen LogP contribution in [0.15, 0.2) is 12.1 Å². The lowest BCUT2D eigenvalue weighted by atomic mass is 10.1. The van der Waals surface area contributed by atoms with Crippen LogP contribution in [0.5, 0.6) is 0 Å². The van der Waals surface area contributed by atoms with Crippen molar-refractivity contribution in [2.75, 3.05) is 0 Å². The van der Waals surface area contributed by atoms with Crippen LogP contribution in [0.3, 0.4) is 0 Å². The minimum atomic E-state index is -1.13. The van der Waals surface area contributed by atoms with Crippen molar-refractivity contribution in [1.29, 1.82) is 5.26 Å². The number of hydrogen-bond donors (Lipinski definition) is 1. The molecule has 0 saturated carbocycles. The first-order valence-electron chi connectivity index (χ1n) is 3.96. The van der Waals surface area contributed by atoms with Crippen LogP contribution >= 0.6 is 34.8 Å². The van der Waals surface area contributed by atoms with Crippen molar-refractivity contribution < 1.29 is 9.90 Å². The monoisotopic (exact) mass is 275 g/mol. The maximum atomic E-state index is 10.3. The number of carbonyl (C=O) groups is 1. The lowest BCUT2D eigenvalue weighted by molar-refractivity contribution is -0.131. The van der Waals surface area contributed by atoms with Gasteiger partial charge in [0.05, 0.1) is 20.6 Å². The van der Waals surface area contributed by atoms with Crippen molar-refractivity contribution in [3.05, 3.63) is 38.3 Å². The summed E-state index contributed by atoms with van der Waals surface area (Å²) in [7, 11) is 0. The van der Waals surface area contributed by atoms with Gasteiger partial charge in [-0.25, -0.2) is 4.79 Å². The minimum absolute atomic E-state index is 0.0155. The largest absolute Gasteiger partial charge is 0.478 e. The molecule has 0 fully saturated rings. The highest BCUT2D eigenvalue weighted by molar-refractivity contribution is 6.48. The Balaban J connectivity index is 3.41. The molecule has 0 saturated heterocycles. The van der Waals surface area contributed by atoms with Crippen LogP contribution in [0, 0.1) is 11.3 Å². The fourth-order valence-corrected chi connectivity index (χ4v) is 1.68. The zero-order chi connectivity index (χ0) is 12.3. The molecule has 1 rings (SSSR count). The quantitative estimate of drug-likeness (QED) is 0.663. The molecule has 0 atom stereocenters. The van der Waals surface area contributed by atoms with E-state index in [-0.39, 0.29) is 20.6 Å². The van der Waals surface area contributed by atoms with Gasteiger partial charge < -0.3 is 5.11 Å². The third-order valence-corrected chi connectivity index (χ3v) is 2.97. The number of nitriles is 1. The molecule has 1 N–H and O–H groups in total. The third kappa shape index (κ3) is 2.67. The van der Waals surface area contributed by atoms with E-state index in [4.69, 9.17) is 45.2 Å². The number of carboxylic acids is 1. The van der Waals surface area contributed by atoms with Gasteiger partial charge in [0, 0.05) is 6.08 Å². The van der Waals surface area contributed by atoms with Crippen LogP contribution in [-0.2, 0) is 4.79 Å². The molecule has 1 aromatic carbocycles. The van der Waals surface area contributed by atoms with Crippen molar-refractivity contribution in [3.8, 4) is 6.07 Å². The molecule has 0 unspecified atom stereocenters. The van der Waals surface area contributed by atoms with Gasteiger partial charge in [-0.15, -0.1) is 0 Å². The van der Waals surface area contributed by atoms with E-state index < -0.39 is 5.97 Å². The summed E-state index contributed by atoms with van der Waals surface area (Å²) in [4.78, 5) is 10.3. The van der Waals surface area contributed by atoms with Crippen LogP contribution in [0.2, 0.25) is 15.1 Å². The molecule has 1 aromatic rings. The normalized spacial score (nSPS) is 10.4. The van der Waals surface area contributed by atoms with E-state index in [0.29, 0.717) is 5.56 Å². The summed E-state index contributed by atoms with van der Waals surface area (Å²) in [5, 5.41) is 17.6. The Labute approximate surface area is 106 Å². The SMILES string of the molecule is N#Cc1c(/C=C/C(=O)O)cc(Cl)c(Cl)c1Cl. The molecule has 0 bridgehead atoms. The van der Waals surface area contributed by atoms with Gasteiger partial charge in [-0.3, -0.25) is 0 Å². The Hall–Kier alpha value is -1.21. The maximum Gasteiger partial charge on any atom is 0.328 e. The molecule has 0 aromatic heterocycles. The Morgan fingerprint density at radius 3 is 2.50 bits per heavy atom. The van der Waals surface area contributed by atoms with Gasteiger partial charge in [0.2, 0.25) is 0 Å². The number of halogens is 3. The van der Waals surface area contributed by atoms with Crippen molar-refractivity contribution in [2.24, 2.45) is 0 Å². The van der Waals surface area contributed by atoms with Gasteiger partial charge in [0.1, 0.15) is 6.07 Å². The van der Waals surface area contributed by atoms with Gasteiger partial charge in [-0.05, 0) is 17.7 Å². The molecular weight excluding hydrogens is 272 g/mol. The number of rotatable bonds is 2. The summed E-state index contributed by atoms with van der Waals surface area (Å²) in [5.41, 5.74) is 0.401. The molecule has 6 heteroatoms. The zero-order valence-corrected chi connectivity index (χ0v) is 9.94. The summed E-state index contributed by atoms with van der Waals surface area (Å²) < 4.78 is 0. The second-order valence-corrected chi connectivity index (χ2v) is 3.90. The highest BCUT2D eigenvalue weighted by Gasteiger charge is 2.12. The van der Waals surface area contributed by atoms with E-state index in [9.17, 15) is 4.79 Å². The van der Waals surface area contributed by atoms with Crippen molar-refractivity contribution >= 4 is 46.8 Å². The Morgan fingerprint density at radius 1 is 1.38 bits per heavy atom. The molecule has 0 amide bonds. The molecule has 3 nitrogen and oxygen atoms in total. The van der Waals surface area contributed by atoms with E-state index in [2.05, 4.69) is 0 Å². The maximum absolute atomic E-state index is 10.3. The fourth-order valence-electron chi connectivity index (χ4n) is 1.02. The lowest BCUT2D eigenvalue weighted by Gasteiger charge is -2.04. The van der Waals surface area contributed by atoms with E-state index in [0.717, 1.165) is 6.08 Å². The molecule has 0 aliphatic heterocycles. The summed E-state index contributed by atoms with van der Waals surface area (Å²) in [5.74, 6) is -1.13. The van der Waals surface area contributed by atoms with Gasteiger partial charge in [0.25, 0.3) is 0 Å². The number of hydrogen-bond acceptors (Lipinski definition) is 2. The van der Waals surface area contributed by atoms with Crippen LogP contribution < -0.4 is 0 Å². The highest BCUT2D eigenvalue weighted by Crippen LogP contribution is 2.35. The zero-order valence-electron chi connectivity index (χ0n) is 7.67. The average molecular weight is 277 g/mol. The highest BCUT2D eigenvalue weighted by atomic mass is 35.5. The number of aliphatic carboxylic acids is 1. The van der Waals surface area contributed by atoms with E-state index in [1.165, 1.54) is 12.1 Å². The number of benzene rings is 1. The van der Waals surface area contributed by atoms with Crippen molar-refractivity contribution in [1.82, 2.24) is 0 Å². The molecule has 82 valence electrons. The van der Waals surface area contributed by atoms with Crippen LogP contribution in [-0.4, -0.2) is 11.1 Å². The molecule has 0 aliphatic carbocycles. The van der Waals surface area contributed by atoms with Crippen LogP contribution in [0.1, 0.15) is 11.1 Å². The molecule has 0 aliphatic rings. The lowest BCUT2D eigenvalue weighted by Crippen LogP contribution is -1.90. The van der Waals surface area contributed by atoms with Gasteiger partial charge in [-0.1, -0.05) is 34.8 Å². The smallest absolute Gasteiger partial charge is 0.328 e. The topological polar surface area (TPSA) is 61.1 Å². The molecule has 0 heterocycles. The molecule has 0 spiro atoms. The number of carboxylic acid groups (broad SMARTS) is 1. The van der Waals surface area contributed by atoms with Crippen LogP contribution in [0.25, 0.3) is 6.08 Å². The third-order valence-electron chi connectivity index (χ3n) is 1.71. The molecule has 16 heavy (non-hydrogen) atoms. The molecular formula is C10H4Cl3NO2. The summed E-state index contributed by atoms with van der Waals surface area (Å²) in [6.45, 7) is 0. The summed E-state index contributed by atoms with van der Waals surface area (Å²) in [6.07, 6.45) is 2.12. The predicted molar refractivity (Wildman–Crippen MR) is 62.9 cm³/mol. The first-order chi connectivity index (χ1) is 7.47. The fraction of sp³-hybridized carbons (Fsp3) is 0. The predicted octanol–water partition coefficient (Wildman–Crippen LogP) is 3.62. The summed E-state index contributed by atoms with van der Waals surface area (Å²) >= 11 is 17.3. The van der Waals surface area contributed by atoms with Gasteiger partial charge in [-0.2, -0.15) is 5.26 Å². The Bertz CT molecular complexity index is 518. The average Bonchev–Trinajstić information content (AvgIpc) is 2.23. The second kappa shape index (κ2) is 5.22. The van der Waals surface area contributed by atoms with Crippen molar-refractivity contribution in [2.45, 2.75) is 0 Å². The van der Waals surface area contributed by atoms with E-state index >= 15 is 0 Å². The number of nitrogens with zero attached hydrogens (tertiary/aromatic N) is 1. The first kappa shape index (κ1) is 12.9. The minimum Gasteiger partial charge on any atom is -0.478 e. The standard InChI is InChI=1S/C10H4Cl3NO2/c11-7-3-5(1-2-8(15)16)6(4-14)9(12)10(7)13/h1-3H,(H,15,16)/b2-1+. The Kier molecular flexibility index (Phi) is 4.19. The van der Waals surface area contributed by atoms with E-state index in [1.807, 2.05) is 6.07 Å². The van der Waals surface area contributed by atoms with E-state index in [1.54, 1.807) is 0 Å². The Morgan fingerprint density at radius 2 is 2.00 bits per heavy atom. The van der Waals surface area contributed by atoms with Crippen LogP contribution in [0.4, 0.5) is 0 Å². The molecule has 0 radical (unpaired) electrons. The van der Waals surface area contributed by atoms with Crippen molar-refractivity contribution in [3.63, 3.8) is 0 Å². The summed E-state index contributed by atoms with van der Waals surface area (Å²) in [6, 6.07) is 3.22.